The first kappa shape index (κ1) is 19.2. The number of rotatable bonds is 7. The van der Waals surface area contributed by atoms with Crippen LogP contribution in [0.1, 0.15) is 35.0 Å². The van der Waals surface area contributed by atoms with Gasteiger partial charge in [0.1, 0.15) is 0 Å². The molecule has 0 bridgehead atoms. The third kappa shape index (κ3) is 4.40. The number of ketones is 1. The third-order valence-corrected chi connectivity index (χ3v) is 7.49. The average molecular weight is 394 g/mol. The highest BCUT2D eigenvalue weighted by Gasteiger charge is 2.32. The van der Waals surface area contributed by atoms with Gasteiger partial charge in [-0.05, 0) is 49.8 Å². The maximum Gasteiger partial charge on any atom is 0.243 e. The molecule has 0 unspecified atom stereocenters. The van der Waals surface area contributed by atoms with E-state index in [1.54, 1.807) is 33.8 Å². The number of benzene rings is 1. The summed E-state index contributed by atoms with van der Waals surface area (Å²) in [7, 11) is -3.68. The molecule has 2 aromatic rings. The Labute approximate surface area is 158 Å². The minimum Gasteiger partial charge on any atom is -0.381 e. The highest BCUT2D eigenvalue weighted by molar-refractivity contribution is 7.89. The molecule has 26 heavy (non-hydrogen) atoms. The van der Waals surface area contributed by atoms with E-state index in [-0.39, 0.29) is 16.7 Å². The largest absolute Gasteiger partial charge is 0.381 e. The van der Waals surface area contributed by atoms with E-state index in [1.807, 2.05) is 17.5 Å². The molecular formula is C19H23NO4S2. The first-order valence-corrected chi connectivity index (χ1v) is 11.0. The van der Waals surface area contributed by atoms with E-state index in [0.29, 0.717) is 44.6 Å². The Kier molecular flexibility index (Phi) is 6.24. The Hall–Kier alpha value is -1.54. The summed E-state index contributed by atoms with van der Waals surface area (Å²) >= 11 is 1.63. The molecule has 1 aromatic heterocycles. The van der Waals surface area contributed by atoms with Crippen molar-refractivity contribution < 1.29 is 17.9 Å². The molecule has 2 heterocycles. The lowest BCUT2D eigenvalue weighted by molar-refractivity contribution is 0.0587. The summed E-state index contributed by atoms with van der Waals surface area (Å²) in [5.74, 6) is -0.141. The number of sulfonamides is 1. The molecule has 7 heteroatoms. The SMILES string of the molecule is CC(=O)c1cccc(S(=O)(=O)N(CCc2cccs2)C2CCOCC2)c1. The lowest BCUT2D eigenvalue weighted by Crippen LogP contribution is -2.44. The minimum atomic E-state index is -3.68. The lowest BCUT2D eigenvalue weighted by atomic mass is 10.1. The fourth-order valence-corrected chi connectivity index (χ4v) is 5.59. The van der Waals surface area contributed by atoms with Crippen LogP contribution in [0.15, 0.2) is 46.7 Å². The number of nitrogens with zero attached hydrogens (tertiary/aromatic N) is 1. The van der Waals surface area contributed by atoms with Crippen molar-refractivity contribution in [3.8, 4) is 0 Å². The summed E-state index contributed by atoms with van der Waals surface area (Å²) in [6.45, 7) is 3.02. The van der Waals surface area contributed by atoms with Crippen LogP contribution in [0.4, 0.5) is 0 Å². The Morgan fingerprint density at radius 3 is 2.65 bits per heavy atom. The van der Waals surface area contributed by atoms with Crippen molar-refractivity contribution >= 4 is 27.1 Å². The fourth-order valence-electron chi connectivity index (χ4n) is 3.16. The van der Waals surface area contributed by atoms with E-state index in [9.17, 15) is 13.2 Å². The van der Waals surface area contributed by atoms with Crippen molar-refractivity contribution in [2.24, 2.45) is 0 Å². The first-order valence-electron chi connectivity index (χ1n) is 8.71. The topological polar surface area (TPSA) is 63.7 Å². The van der Waals surface area contributed by atoms with E-state index in [0.717, 1.165) is 4.88 Å². The molecule has 1 fully saturated rings. The van der Waals surface area contributed by atoms with Crippen molar-refractivity contribution in [3.63, 3.8) is 0 Å². The van der Waals surface area contributed by atoms with Gasteiger partial charge in [0.05, 0.1) is 4.90 Å². The van der Waals surface area contributed by atoms with Gasteiger partial charge in [0.15, 0.2) is 5.78 Å². The van der Waals surface area contributed by atoms with E-state index < -0.39 is 10.0 Å². The minimum absolute atomic E-state index is 0.0744. The van der Waals surface area contributed by atoms with Crippen molar-refractivity contribution in [1.82, 2.24) is 4.31 Å². The zero-order chi connectivity index (χ0) is 18.6. The van der Waals surface area contributed by atoms with E-state index >= 15 is 0 Å². The number of hydrogen-bond donors (Lipinski definition) is 0. The van der Waals surface area contributed by atoms with Crippen LogP contribution in [-0.2, 0) is 21.2 Å². The summed E-state index contributed by atoms with van der Waals surface area (Å²) in [4.78, 5) is 13.0. The number of thiophene rings is 1. The van der Waals surface area contributed by atoms with Gasteiger partial charge in [0, 0.05) is 36.2 Å². The van der Waals surface area contributed by atoms with Crippen LogP contribution in [0.3, 0.4) is 0 Å². The number of Topliss-reactive ketones (excluding diaryl/α,β-unsaturated/α-hetero) is 1. The van der Waals surface area contributed by atoms with Crippen LogP contribution >= 0.6 is 11.3 Å². The second-order valence-corrected chi connectivity index (χ2v) is 9.30. The Bertz CT molecular complexity index is 840. The summed E-state index contributed by atoms with van der Waals surface area (Å²) in [6.07, 6.45) is 2.06. The highest BCUT2D eigenvalue weighted by Crippen LogP contribution is 2.25. The van der Waals surface area contributed by atoms with E-state index in [2.05, 4.69) is 0 Å². The molecule has 5 nitrogen and oxygen atoms in total. The van der Waals surface area contributed by atoms with Crippen LogP contribution in [-0.4, -0.2) is 44.3 Å². The smallest absolute Gasteiger partial charge is 0.243 e. The number of carbonyl (C=O) groups excluding carboxylic acids is 1. The standard InChI is InChI=1S/C19H23NO4S2/c1-15(21)16-4-2-6-19(14-16)26(22,23)20(17-8-11-24-12-9-17)10-7-18-5-3-13-25-18/h2-6,13-14,17H,7-12H2,1H3. The van der Waals surface area contributed by atoms with Crippen LogP contribution in [0.2, 0.25) is 0 Å². The van der Waals surface area contributed by atoms with Gasteiger partial charge < -0.3 is 4.74 Å². The van der Waals surface area contributed by atoms with E-state index in [1.165, 1.54) is 13.0 Å². The molecule has 1 aromatic carbocycles. The number of ether oxygens (including phenoxy) is 1. The Morgan fingerprint density at radius 1 is 1.23 bits per heavy atom. The summed E-state index contributed by atoms with van der Waals surface area (Å²) in [5, 5.41) is 2.00. The Balaban J connectivity index is 1.90. The monoisotopic (exact) mass is 393 g/mol. The molecule has 0 atom stereocenters. The predicted octanol–water partition coefficient (Wildman–Crippen LogP) is 3.36. The molecule has 0 N–H and O–H groups in total. The van der Waals surface area contributed by atoms with Crippen LogP contribution in [0.25, 0.3) is 0 Å². The van der Waals surface area contributed by atoms with Crippen LogP contribution in [0, 0.1) is 0 Å². The van der Waals surface area contributed by atoms with Gasteiger partial charge >= 0.3 is 0 Å². The average Bonchev–Trinajstić information content (AvgIpc) is 3.16. The molecule has 0 amide bonds. The van der Waals surface area contributed by atoms with Crippen molar-refractivity contribution in [2.45, 2.75) is 37.1 Å². The third-order valence-electron chi connectivity index (χ3n) is 4.60. The van der Waals surface area contributed by atoms with Crippen LogP contribution < -0.4 is 0 Å². The van der Waals surface area contributed by atoms with Crippen molar-refractivity contribution in [1.29, 1.82) is 0 Å². The molecular weight excluding hydrogens is 370 g/mol. The van der Waals surface area contributed by atoms with E-state index in [4.69, 9.17) is 4.74 Å². The molecule has 0 radical (unpaired) electrons. The van der Waals surface area contributed by atoms with Gasteiger partial charge in [0.25, 0.3) is 0 Å². The molecule has 1 saturated heterocycles. The van der Waals surface area contributed by atoms with Crippen molar-refractivity contribution in [3.05, 3.63) is 52.2 Å². The maximum absolute atomic E-state index is 13.3. The maximum atomic E-state index is 13.3. The molecule has 0 aliphatic carbocycles. The summed E-state index contributed by atoms with van der Waals surface area (Å²) in [5.41, 5.74) is 0.413. The lowest BCUT2D eigenvalue weighted by Gasteiger charge is -2.33. The second kappa shape index (κ2) is 8.43. The zero-order valence-electron chi connectivity index (χ0n) is 14.8. The van der Waals surface area contributed by atoms with Gasteiger partial charge in [-0.15, -0.1) is 11.3 Å². The molecule has 1 aliphatic heterocycles. The molecule has 0 spiro atoms. The number of hydrogen-bond acceptors (Lipinski definition) is 5. The van der Waals surface area contributed by atoms with Gasteiger partial charge in [-0.25, -0.2) is 8.42 Å². The first-order chi connectivity index (χ1) is 12.5. The van der Waals surface area contributed by atoms with Gasteiger partial charge in [-0.3, -0.25) is 4.79 Å². The normalized spacial score (nSPS) is 16.1. The predicted molar refractivity (Wildman–Crippen MR) is 102 cm³/mol. The van der Waals surface area contributed by atoms with Crippen molar-refractivity contribution in [2.75, 3.05) is 19.8 Å². The molecule has 140 valence electrons. The fraction of sp³-hybridized carbons (Fsp3) is 0.421. The van der Waals surface area contributed by atoms with Gasteiger partial charge in [-0.2, -0.15) is 4.31 Å². The van der Waals surface area contributed by atoms with Crippen LogP contribution in [0.5, 0.6) is 0 Å². The van der Waals surface area contributed by atoms with Gasteiger partial charge in [0.2, 0.25) is 10.0 Å². The summed E-state index contributed by atoms with van der Waals surface area (Å²) < 4.78 is 33.7. The highest BCUT2D eigenvalue weighted by atomic mass is 32.2. The second-order valence-electron chi connectivity index (χ2n) is 6.37. The van der Waals surface area contributed by atoms with Gasteiger partial charge in [-0.1, -0.05) is 18.2 Å². The number of carbonyl (C=O) groups is 1. The molecule has 0 saturated carbocycles. The molecule has 3 rings (SSSR count). The Morgan fingerprint density at radius 2 is 2.00 bits per heavy atom. The summed E-state index contributed by atoms with van der Waals surface area (Å²) in [6, 6.07) is 10.2. The molecule has 1 aliphatic rings. The quantitative estimate of drug-likeness (QED) is 0.677. The zero-order valence-corrected chi connectivity index (χ0v) is 16.4.